The van der Waals surface area contributed by atoms with Crippen LogP contribution in [0.25, 0.3) is 0 Å². The highest BCUT2D eigenvalue weighted by Crippen LogP contribution is 2.28. The van der Waals surface area contributed by atoms with E-state index in [1.807, 2.05) is 0 Å². The maximum atomic E-state index is 8.77. The minimum Gasteiger partial charge on any atom is -0.396 e. The topological polar surface area (TPSA) is 42.4 Å². The average Bonchev–Trinajstić information content (AvgIpc) is 2.68. The number of aliphatic hydroxyl groups excluding tert-OH is 1. The Balaban J connectivity index is 2.00. The van der Waals surface area contributed by atoms with Gasteiger partial charge in [-0.2, -0.15) is 0 Å². The number of rotatable bonds is 3. The van der Waals surface area contributed by atoms with Crippen molar-refractivity contribution in [3.8, 4) is 0 Å². The highest BCUT2D eigenvalue weighted by molar-refractivity contribution is 7.09. The van der Waals surface area contributed by atoms with Crippen LogP contribution in [0.5, 0.6) is 0 Å². The fraction of sp³-hybridized carbons (Fsp3) is 0.700. The highest BCUT2D eigenvalue weighted by atomic mass is 32.1. The fourth-order valence-corrected chi connectivity index (χ4v) is 2.49. The van der Waals surface area contributed by atoms with Crippen LogP contribution in [-0.4, -0.2) is 23.3 Å². The molecule has 4 heteroatoms. The Hall–Kier alpha value is -0.450. The lowest BCUT2D eigenvalue weighted by Crippen LogP contribution is -2.11. The molecule has 2 rings (SSSR count). The van der Waals surface area contributed by atoms with E-state index in [2.05, 4.69) is 10.4 Å². The van der Waals surface area contributed by atoms with E-state index in [9.17, 15) is 0 Å². The first-order chi connectivity index (χ1) is 6.90. The van der Waals surface area contributed by atoms with Gasteiger partial charge in [0.15, 0.2) is 0 Å². The SMILES string of the molecule is OCCc1nc(C2CCCCO2)cs1. The zero-order chi connectivity index (χ0) is 9.80. The zero-order valence-electron chi connectivity index (χ0n) is 8.11. The molecule has 0 aliphatic carbocycles. The minimum atomic E-state index is 0.179. The molecule has 3 nitrogen and oxygen atoms in total. The van der Waals surface area contributed by atoms with Crippen LogP contribution in [0.4, 0.5) is 0 Å². The zero-order valence-corrected chi connectivity index (χ0v) is 8.92. The largest absolute Gasteiger partial charge is 0.396 e. The summed E-state index contributed by atoms with van der Waals surface area (Å²) < 4.78 is 5.64. The van der Waals surface area contributed by atoms with E-state index in [0.29, 0.717) is 6.42 Å². The standard InChI is InChI=1S/C10H15NO2S/c12-5-4-10-11-8(7-14-10)9-3-1-2-6-13-9/h7,9,12H,1-6H2. The smallest absolute Gasteiger partial charge is 0.100 e. The molecule has 1 aromatic rings. The van der Waals surface area contributed by atoms with Gasteiger partial charge in [0.05, 0.1) is 10.7 Å². The number of thiazole rings is 1. The van der Waals surface area contributed by atoms with Gasteiger partial charge in [0.2, 0.25) is 0 Å². The number of aromatic nitrogens is 1. The average molecular weight is 213 g/mol. The molecule has 1 fully saturated rings. The molecule has 78 valence electrons. The minimum absolute atomic E-state index is 0.179. The molecule has 1 N–H and O–H groups in total. The van der Waals surface area contributed by atoms with Crippen LogP contribution in [0.1, 0.15) is 36.1 Å². The molecule has 1 saturated heterocycles. The summed E-state index contributed by atoms with van der Waals surface area (Å²) in [5.74, 6) is 0. The Kier molecular flexibility index (Phi) is 3.50. The molecule has 0 bridgehead atoms. The summed E-state index contributed by atoms with van der Waals surface area (Å²) in [6, 6.07) is 0. The molecular formula is C10H15NO2S. The van der Waals surface area contributed by atoms with E-state index < -0.39 is 0 Å². The lowest BCUT2D eigenvalue weighted by atomic mass is 10.1. The molecule has 0 spiro atoms. The molecule has 0 radical (unpaired) electrons. The first-order valence-corrected chi connectivity index (χ1v) is 5.95. The van der Waals surface area contributed by atoms with E-state index in [-0.39, 0.29) is 12.7 Å². The predicted molar refractivity (Wildman–Crippen MR) is 55.4 cm³/mol. The maximum absolute atomic E-state index is 8.77. The number of ether oxygens (including phenoxy) is 1. The third-order valence-corrected chi connectivity index (χ3v) is 3.33. The third kappa shape index (κ3) is 2.32. The Morgan fingerprint density at radius 2 is 2.50 bits per heavy atom. The summed E-state index contributed by atoms with van der Waals surface area (Å²) in [6.45, 7) is 1.04. The highest BCUT2D eigenvalue weighted by Gasteiger charge is 2.18. The number of hydrogen-bond donors (Lipinski definition) is 1. The molecule has 2 heterocycles. The van der Waals surface area contributed by atoms with Gasteiger partial charge in [-0.05, 0) is 19.3 Å². The number of nitrogens with zero attached hydrogens (tertiary/aromatic N) is 1. The lowest BCUT2D eigenvalue weighted by molar-refractivity contribution is 0.0126. The van der Waals surface area contributed by atoms with Crippen LogP contribution < -0.4 is 0 Å². The molecule has 0 amide bonds. The maximum Gasteiger partial charge on any atom is 0.100 e. The normalized spacial score (nSPS) is 22.5. The molecule has 1 aliphatic heterocycles. The van der Waals surface area contributed by atoms with Crippen molar-refractivity contribution in [3.63, 3.8) is 0 Å². The molecular weight excluding hydrogens is 198 g/mol. The lowest BCUT2D eigenvalue weighted by Gasteiger charge is -2.20. The Labute approximate surface area is 87.7 Å². The van der Waals surface area contributed by atoms with Crippen molar-refractivity contribution in [2.24, 2.45) is 0 Å². The number of hydrogen-bond acceptors (Lipinski definition) is 4. The van der Waals surface area contributed by atoms with Gasteiger partial charge in [0.25, 0.3) is 0 Å². The number of aliphatic hydroxyl groups is 1. The third-order valence-electron chi connectivity index (χ3n) is 2.40. The monoisotopic (exact) mass is 213 g/mol. The van der Waals surface area contributed by atoms with E-state index in [4.69, 9.17) is 9.84 Å². The van der Waals surface area contributed by atoms with E-state index >= 15 is 0 Å². The van der Waals surface area contributed by atoms with Gasteiger partial charge in [-0.15, -0.1) is 11.3 Å². The molecule has 0 aromatic carbocycles. The van der Waals surface area contributed by atoms with Gasteiger partial charge >= 0.3 is 0 Å². The summed E-state index contributed by atoms with van der Waals surface area (Å²) >= 11 is 1.62. The van der Waals surface area contributed by atoms with Gasteiger partial charge in [-0.3, -0.25) is 0 Å². The molecule has 1 unspecified atom stereocenters. The van der Waals surface area contributed by atoms with Crippen LogP contribution in [-0.2, 0) is 11.2 Å². The Bertz CT molecular complexity index is 281. The van der Waals surface area contributed by atoms with Gasteiger partial charge < -0.3 is 9.84 Å². The van der Waals surface area contributed by atoms with E-state index in [1.165, 1.54) is 12.8 Å². The summed E-state index contributed by atoms with van der Waals surface area (Å²) in [6.07, 6.45) is 4.36. The fourth-order valence-electron chi connectivity index (χ4n) is 1.66. The van der Waals surface area contributed by atoms with Crippen LogP contribution >= 0.6 is 11.3 Å². The van der Waals surface area contributed by atoms with Gasteiger partial charge in [-0.25, -0.2) is 4.98 Å². The quantitative estimate of drug-likeness (QED) is 0.834. The van der Waals surface area contributed by atoms with Crippen LogP contribution in [0.3, 0.4) is 0 Å². The molecule has 1 aromatic heterocycles. The van der Waals surface area contributed by atoms with Crippen molar-refractivity contribution in [1.82, 2.24) is 4.98 Å². The predicted octanol–water partition coefficient (Wildman–Crippen LogP) is 1.92. The van der Waals surface area contributed by atoms with Gasteiger partial charge in [-0.1, -0.05) is 0 Å². The molecule has 1 aliphatic rings. The Morgan fingerprint density at radius 3 is 3.21 bits per heavy atom. The van der Waals surface area contributed by atoms with Crippen molar-refractivity contribution in [2.75, 3.05) is 13.2 Å². The van der Waals surface area contributed by atoms with Crippen molar-refractivity contribution in [3.05, 3.63) is 16.1 Å². The summed E-state index contributed by atoms with van der Waals surface area (Å²) in [7, 11) is 0. The molecule has 0 saturated carbocycles. The van der Waals surface area contributed by atoms with Crippen molar-refractivity contribution < 1.29 is 9.84 Å². The van der Waals surface area contributed by atoms with Crippen LogP contribution in [0, 0.1) is 0 Å². The van der Waals surface area contributed by atoms with Crippen molar-refractivity contribution in [2.45, 2.75) is 31.8 Å². The summed E-state index contributed by atoms with van der Waals surface area (Å²) in [5.41, 5.74) is 1.05. The summed E-state index contributed by atoms with van der Waals surface area (Å²) in [4.78, 5) is 4.46. The van der Waals surface area contributed by atoms with Crippen LogP contribution in [0.2, 0.25) is 0 Å². The Morgan fingerprint density at radius 1 is 1.57 bits per heavy atom. The van der Waals surface area contributed by atoms with Gasteiger partial charge in [0, 0.05) is 25.0 Å². The van der Waals surface area contributed by atoms with E-state index in [1.54, 1.807) is 11.3 Å². The van der Waals surface area contributed by atoms with Crippen molar-refractivity contribution in [1.29, 1.82) is 0 Å². The first kappa shape index (κ1) is 10.1. The van der Waals surface area contributed by atoms with Gasteiger partial charge in [0.1, 0.15) is 6.10 Å². The molecule has 14 heavy (non-hydrogen) atoms. The first-order valence-electron chi connectivity index (χ1n) is 5.07. The van der Waals surface area contributed by atoms with Crippen LogP contribution in [0.15, 0.2) is 5.38 Å². The molecule has 1 atom stereocenters. The summed E-state index contributed by atoms with van der Waals surface area (Å²) in [5, 5.41) is 11.8. The van der Waals surface area contributed by atoms with E-state index in [0.717, 1.165) is 23.7 Å². The second-order valence-corrected chi connectivity index (χ2v) is 4.44. The second-order valence-electron chi connectivity index (χ2n) is 3.49. The van der Waals surface area contributed by atoms with Crippen molar-refractivity contribution >= 4 is 11.3 Å². The second kappa shape index (κ2) is 4.87.